The van der Waals surface area contributed by atoms with Crippen molar-refractivity contribution in [2.24, 2.45) is 0 Å². The molecule has 4 amide bonds. The van der Waals surface area contributed by atoms with Crippen molar-refractivity contribution in [3.05, 3.63) is 95.1 Å². The molecular weight excluding hydrogens is 562 g/mol. The van der Waals surface area contributed by atoms with Crippen LogP contribution in [0, 0.1) is 0 Å². The molecule has 4 atom stereocenters. The molecule has 3 heterocycles. The van der Waals surface area contributed by atoms with Gasteiger partial charge in [-0.05, 0) is 53.8 Å². The summed E-state index contributed by atoms with van der Waals surface area (Å²) in [6.45, 7) is 1.01. The van der Waals surface area contributed by atoms with Crippen molar-refractivity contribution < 1.29 is 24.3 Å². The minimum atomic E-state index is -1.000. The molecule has 7 N–H and O–H groups in total. The number of benzene rings is 3. The van der Waals surface area contributed by atoms with Gasteiger partial charge in [-0.25, -0.2) is 10.9 Å². The molecule has 1 unspecified atom stereocenters. The molecule has 12 heteroatoms. The number of hydrogen-bond donors (Lipinski definition) is 7. The molecular formula is C32H35N7O5. The summed E-state index contributed by atoms with van der Waals surface area (Å²) in [5.41, 5.74) is 12.5. The van der Waals surface area contributed by atoms with E-state index in [-0.39, 0.29) is 30.0 Å². The number of nitrogens with zero attached hydrogens (tertiary/aromatic N) is 1. The zero-order valence-electron chi connectivity index (χ0n) is 24.0. The van der Waals surface area contributed by atoms with Crippen molar-refractivity contribution in [1.29, 1.82) is 0 Å². The summed E-state index contributed by atoms with van der Waals surface area (Å²) < 4.78 is 0. The van der Waals surface area contributed by atoms with Crippen LogP contribution in [-0.2, 0) is 33.6 Å². The van der Waals surface area contributed by atoms with Crippen LogP contribution in [0.15, 0.2) is 72.8 Å². The number of carbonyl (C=O) groups excluding carboxylic acids is 4. The Morgan fingerprint density at radius 2 is 1.75 bits per heavy atom. The maximum Gasteiger partial charge on any atom is 0.251 e. The molecule has 44 heavy (non-hydrogen) atoms. The van der Waals surface area contributed by atoms with Gasteiger partial charge >= 0.3 is 0 Å². The van der Waals surface area contributed by atoms with Crippen LogP contribution in [0.4, 0.5) is 5.69 Å². The summed E-state index contributed by atoms with van der Waals surface area (Å²) in [6, 6.07) is 18.1. The minimum Gasteiger partial charge on any atom is -0.508 e. The fraction of sp³-hybridized carbons (Fsp3) is 0.312. The Hall–Kier alpha value is -4.78. The lowest BCUT2D eigenvalue weighted by Gasteiger charge is -2.29. The van der Waals surface area contributed by atoms with E-state index in [1.807, 2.05) is 18.2 Å². The average molecular weight is 598 g/mol. The zero-order chi connectivity index (χ0) is 30.6. The Kier molecular flexibility index (Phi) is 8.55. The van der Waals surface area contributed by atoms with E-state index < -0.39 is 29.9 Å². The molecule has 0 bridgehead atoms. The van der Waals surface area contributed by atoms with Crippen LogP contribution < -0.4 is 37.2 Å². The molecule has 0 aliphatic carbocycles. The Labute approximate surface area is 254 Å². The number of anilines is 1. The van der Waals surface area contributed by atoms with Gasteiger partial charge in [0.1, 0.15) is 23.9 Å². The van der Waals surface area contributed by atoms with Crippen LogP contribution in [0.5, 0.6) is 5.75 Å². The number of nitrogens with one attached hydrogen (secondary N) is 6. The molecule has 3 aliphatic heterocycles. The number of hydrogen-bond acceptors (Lipinski definition) is 8. The molecule has 1 saturated heterocycles. The quantitative estimate of drug-likeness (QED) is 0.184. The number of aromatic hydroxyl groups is 1. The molecule has 1 fully saturated rings. The highest BCUT2D eigenvalue weighted by Crippen LogP contribution is 2.39. The molecule has 12 nitrogen and oxygen atoms in total. The highest BCUT2D eigenvalue weighted by atomic mass is 16.3. The third-order valence-corrected chi connectivity index (χ3v) is 8.30. The third-order valence-electron chi connectivity index (χ3n) is 8.30. The largest absolute Gasteiger partial charge is 0.508 e. The summed E-state index contributed by atoms with van der Waals surface area (Å²) in [5.74, 6) is -1.47. The van der Waals surface area contributed by atoms with Crippen LogP contribution in [0.3, 0.4) is 0 Å². The van der Waals surface area contributed by atoms with E-state index in [2.05, 4.69) is 32.3 Å². The minimum absolute atomic E-state index is 0.00164. The van der Waals surface area contributed by atoms with Crippen LogP contribution in [0.25, 0.3) is 0 Å². The molecule has 3 aromatic carbocycles. The Balaban J connectivity index is 1.22. The number of para-hydroxylation sites is 1. The first-order valence-electron chi connectivity index (χ1n) is 14.8. The lowest BCUT2D eigenvalue weighted by atomic mass is 10.0. The molecule has 0 saturated carbocycles. The normalized spacial score (nSPS) is 21.2. The molecule has 0 radical (unpaired) electrons. The second kappa shape index (κ2) is 12.8. The summed E-state index contributed by atoms with van der Waals surface area (Å²) in [5, 5.41) is 18.4. The fourth-order valence-corrected chi connectivity index (χ4v) is 6.00. The van der Waals surface area contributed by atoms with E-state index in [4.69, 9.17) is 0 Å². The summed E-state index contributed by atoms with van der Waals surface area (Å²) in [6.07, 6.45) is 1.40. The summed E-state index contributed by atoms with van der Waals surface area (Å²) in [4.78, 5) is 56.0. The van der Waals surface area contributed by atoms with Crippen LogP contribution in [-0.4, -0.2) is 66.0 Å². The van der Waals surface area contributed by atoms with E-state index in [1.165, 1.54) is 12.1 Å². The van der Waals surface area contributed by atoms with Crippen molar-refractivity contribution in [3.63, 3.8) is 0 Å². The van der Waals surface area contributed by atoms with E-state index in [0.717, 1.165) is 22.4 Å². The lowest BCUT2D eigenvalue weighted by Crippen LogP contribution is -2.58. The number of hydrazine groups is 2. The highest BCUT2D eigenvalue weighted by Gasteiger charge is 2.44. The fourth-order valence-electron chi connectivity index (χ4n) is 6.00. The monoisotopic (exact) mass is 597 g/mol. The number of aryl methyl sites for hydroxylation is 1. The Bertz CT molecular complexity index is 1540. The van der Waals surface area contributed by atoms with Crippen LogP contribution in [0.2, 0.25) is 0 Å². The predicted molar refractivity (Wildman–Crippen MR) is 162 cm³/mol. The smallest absolute Gasteiger partial charge is 0.251 e. The maximum atomic E-state index is 14.1. The Morgan fingerprint density at radius 3 is 2.50 bits per heavy atom. The summed E-state index contributed by atoms with van der Waals surface area (Å²) in [7, 11) is 0. The van der Waals surface area contributed by atoms with Gasteiger partial charge in [0, 0.05) is 31.5 Å². The second-order valence-electron chi connectivity index (χ2n) is 11.3. The van der Waals surface area contributed by atoms with Gasteiger partial charge in [-0.3, -0.25) is 24.1 Å². The standard InChI is InChI=1S/C32H35N7O5/c40-24-12-9-19(10-13-24)15-26(36-29(41)21-5-2-1-3-6-21)30(42)35-25-14-11-20-7-4-8-22-16-27(39(28(20)22)32(25)44)31(43)33-17-23-18-34-38-37-23/h1-10,12-13,23,25-27,34,37-38,40H,11,14-18H2,(H,33,43)(H,35,42)(H,36,41)/t23?,25-,26-,27-/m0/s1. The van der Waals surface area contributed by atoms with Crippen molar-refractivity contribution in [2.75, 3.05) is 18.0 Å². The number of amides is 4. The van der Waals surface area contributed by atoms with Gasteiger partial charge in [-0.15, -0.1) is 0 Å². The zero-order valence-corrected chi connectivity index (χ0v) is 24.0. The molecule has 6 rings (SSSR count). The molecule has 0 aromatic heterocycles. The van der Waals surface area contributed by atoms with Crippen molar-refractivity contribution in [1.82, 2.24) is 32.3 Å². The number of carbonyl (C=O) groups is 4. The number of rotatable bonds is 9. The Morgan fingerprint density at radius 1 is 0.977 bits per heavy atom. The van der Waals surface area contributed by atoms with E-state index in [1.54, 1.807) is 47.4 Å². The van der Waals surface area contributed by atoms with Crippen LogP contribution in [0.1, 0.15) is 33.5 Å². The molecule has 228 valence electrons. The first kappa shape index (κ1) is 29.3. The van der Waals surface area contributed by atoms with Gasteiger partial charge in [0.2, 0.25) is 17.7 Å². The van der Waals surface area contributed by atoms with Crippen molar-refractivity contribution in [3.8, 4) is 5.75 Å². The van der Waals surface area contributed by atoms with E-state index >= 15 is 0 Å². The molecule has 0 spiro atoms. The third kappa shape index (κ3) is 6.27. The number of phenolic OH excluding ortho intramolecular Hbond substituents is 1. The van der Waals surface area contributed by atoms with Crippen LogP contribution >= 0.6 is 0 Å². The first-order chi connectivity index (χ1) is 21.4. The second-order valence-corrected chi connectivity index (χ2v) is 11.3. The van der Waals surface area contributed by atoms with Crippen molar-refractivity contribution >= 4 is 29.3 Å². The summed E-state index contributed by atoms with van der Waals surface area (Å²) >= 11 is 0. The number of phenols is 1. The topological polar surface area (TPSA) is 164 Å². The van der Waals surface area contributed by atoms with Gasteiger partial charge in [0.05, 0.1) is 11.7 Å². The van der Waals surface area contributed by atoms with Gasteiger partial charge in [-0.2, -0.15) is 5.53 Å². The SMILES string of the molecule is O=C(N[C@@H](Cc1ccc(O)cc1)C(=O)N[C@H]1CCc2cccc3c2N(C1=O)[C@H](C(=O)NCC1CNNN1)C3)c1ccccc1. The van der Waals surface area contributed by atoms with E-state index in [9.17, 15) is 24.3 Å². The highest BCUT2D eigenvalue weighted by molar-refractivity contribution is 6.08. The first-order valence-corrected chi connectivity index (χ1v) is 14.8. The lowest BCUT2D eigenvalue weighted by molar-refractivity contribution is -0.130. The van der Waals surface area contributed by atoms with Gasteiger partial charge in [-0.1, -0.05) is 48.5 Å². The average Bonchev–Trinajstić information content (AvgIpc) is 3.68. The molecule has 3 aliphatic rings. The van der Waals surface area contributed by atoms with Gasteiger partial charge < -0.3 is 21.1 Å². The molecule has 3 aromatic rings. The predicted octanol–water partition coefficient (Wildman–Crippen LogP) is 0.219. The van der Waals surface area contributed by atoms with E-state index in [0.29, 0.717) is 37.9 Å². The van der Waals surface area contributed by atoms with Gasteiger partial charge in [0.25, 0.3) is 5.91 Å². The van der Waals surface area contributed by atoms with Gasteiger partial charge in [0.15, 0.2) is 0 Å². The van der Waals surface area contributed by atoms with Crippen molar-refractivity contribution in [2.45, 2.75) is 49.9 Å². The maximum absolute atomic E-state index is 14.1.